The predicted octanol–water partition coefficient (Wildman–Crippen LogP) is 1.68. The molecule has 0 radical (unpaired) electrons. The number of esters is 1. The van der Waals surface area contributed by atoms with E-state index < -0.39 is 11.8 Å². The minimum absolute atomic E-state index is 0.102. The number of nitrogens with one attached hydrogen (secondary N) is 1. The first-order valence-corrected chi connectivity index (χ1v) is 6.44. The van der Waals surface area contributed by atoms with Crippen LogP contribution < -0.4 is 11.1 Å². The van der Waals surface area contributed by atoms with Gasteiger partial charge in [-0.05, 0) is 37.0 Å². The van der Waals surface area contributed by atoms with E-state index in [2.05, 4.69) is 10.1 Å². The van der Waals surface area contributed by atoms with Crippen molar-refractivity contribution >= 4 is 17.6 Å². The second kappa shape index (κ2) is 6.00. The van der Waals surface area contributed by atoms with Crippen LogP contribution in [0.4, 0.5) is 10.1 Å². The van der Waals surface area contributed by atoms with Gasteiger partial charge >= 0.3 is 5.97 Å². The molecule has 0 aromatic heterocycles. The van der Waals surface area contributed by atoms with E-state index in [1.807, 2.05) is 0 Å². The van der Waals surface area contributed by atoms with E-state index in [0.29, 0.717) is 5.92 Å². The molecule has 1 aliphatic carbocycles. The number of methoxy groups -OCH3 is 1. The highest BCUT2D eigenvalue weighted by atomic mass is 19.1. The lowest BCUT2D eigenvalue weighted by molar-refractivity contribution is -0.116. The molecule has 0 bridgehead atoms. The first kappa shape index (κ1) is 14.5. The van der Waals surface area contributed by atoms with Crippen molar-refractivity contribution in [2.45, 2.75) is 25.3 Å². The van der Waals surface area contributed by atoms with Crippen molar-refractivity contribution in [3.05, 3.63) is 29.6 Å². The van der Waals surface area contributed by atoms with Gasteiger partial charge in [0.2, 0.25) is 5.91 Å². The van der Waals surface area contributed by atoms with Crippen LogP contribution in [-0.2, 0) is 9.53 Å². The largest absolute Gasteiger partial charge is 0.465 e. The molecule has 1 saturated carbocycles. The van der Waals surface area contributed by atoms with E-state index in [9.17, 15) is 14.0 Å². The van der Waals surface area contributed by atoms with E-state index in [4.69, 9.17) is 5.73 Å². The number of benzene rings is 1. The first-order chi connectivity index (χ1) is 9.51. The Morgan fingerprint density at radius 3 is 2.80 bits per heavy atom. The Hall–Kier alpha value is -1.95. The van der Waals surface area contributed by atoms with Crippen LogP contribution >= 0.6 is 0 Å². The second-order valence-electron chi connectivity index (χ2n) is 4.94. The molecule has 1 aromatic carbocycles. The fourth-order valence-corrected chi connectivity index (χ4v) is 2.01. The van der Waals surface area contributed by atoms with Crippen molar-refractivity contribution < 1.29 is 18.7 Å². The Morgan fingerprint density at radius 1 is 1.50 bits per heavy atom. The van der Waals surface area contributed by atoms with Crippen molar-refractivity contribution in [3.63, 3.8) is 0 Å². The molecule has 20 heavy (non-hydrogen) atoms. The Bertz CT molecular complexity index is 529. The predicted molar refractivity (Wildman–Crippen MR) is 71.7 cm³/mol. The lowest BCUT2D eigenvalue weighted by atomic mass is 10.1. The highest BCUT2D eigenvalue weighted by Crippen LogP contribution is 2.33. The van der Waals surface area contributed by atoms with Gasteiger partial charge in [0.05, 0.1) is 18.4 Å². The summed E-state index contributed by atoms with van der Waals surface area (Å²) in [7, 11) is 1.22. The van der Waals surface area contributed by atoms with Gasteiger partial charge in [-0.15, -0.1) is 0 Å². The molecule has 0 heterocycles. The van der Waals surface area contributed by atoms with Crippen molar-refractivity contribution in [1.29, 1.82) is 0 Å². The van der Waals surface area contributed by atoms with E-state index >= 15 is 0 Å². The molecular weight excluding hydrogens is 263 g/mol. The smallest absolute Gasteiger partial charge is 0.339 e. The number of anilines is 1. The van der Waals surface area contributed by atoms with E-state index in [-0.39, 0.29) is 29.6 Å². The lowest BCUT2D eigenvalue weighted by Gasteiger charge is -2.12. The highest BCUT2D eigenvalue weighted by molar-refractivity contribution is 6.01. The van der Waals surface area contributed by atoms with E-state index in [1.54, 1.807) is 0 Å². The molecule has 108 valence electrons. The summed E-state index contributed by atoms with van der Waals surface area (Å²) in [4.78, 5) is 23.4. The van der Waals surface area contributed by atoms with Crippen molar-refractivity contribution in [3.8, 4) is 0 Å². The molecule has 1 aliphatic rings. The summed E-state index contributed by atoms with van der Waals surface area (Å²) in [5, 5.41) is 2.52. The summed E-state index contributed by atoms with van der Waals surface area (Å²) in [6, 6.07) is 3.31. The molecule has 1 fully saturated rings. The molecule has 5 nitrogen and oxygen atoms in total. The number of hydrogen-bond donors (Lipinski definition) is 2. The van der Waals surface area contributed by atoms with Gasteiger partial charge in [0, 0.05) is 12.5 Å². The fraction of sp³-hybridized carbons (Fsp3) is 0.429. The number of amides is 1. The van der Waals surface area contributed by atoms with Crippen LogP contribution in [0.2, 0.25) is 0 Å². The number of rotatable bonds is 5. The van der Waals surface area contributed by atoms with Crippen molar-refractivity contribution in [1.82, 2.24) is 0 Å². The number of hydrogen-bond acceptors (Lipinski definition) is 4. The summed E-state index contributed by atoms with van der Waals surface area (Å²) < 4.78 is 17.8. The molecule has 1 aromatic rings. The molecular formula is C14H17FN2O3. The molecule has 0 aliphatic heterocycles. The maximum Gasteiger partial charge on any atom is 0.339 e. The van der Waals surface area contributed by atoms with Crippen LogP contribution in [0.25, 0.3) is 0 Å². The van der Waals surface area contributed by atoms with Crippen molar-refractivity contribution in [2.24, 2.45) is 11.7 Å². The number of nitrogens with two attached hydrogens (primary N) is 1. The zero-order valence-electron chi connectivity index (χ0n) is 11.2. The molecule has 1 atom stereocenters. The summed E-state index contributed by atoms with van der Waals surface area (Å²) >= 11 is 0. The summed E-state index contributed by atoms with van der Waals surface area (Å²) in [6.45, 7) is 0. The van der Waals surface area contributed by atoms with Gasteiger partial charge in [-0.25, -0.2) is 9.18 Å². The molecule has 1 amide bonds. The number of halogens is 1. The SMILES string of the molecule is COC(=O)c1ccc(F)cc1NC(=O)CC(N)C1CC1. The van der Waals surface area contributed by atoms with Crippen LogP contribution in [0, 0.1) is 11.7 Å². The Kier molecular flexibility index (Phi) is 4.34. The molecule has 0 saturated heterocycles. The fourth-order valence-electron chi connectivity index (χ4n) is 2.01. The number of ether oxygens (including phenoxy) is 1. The van der Waals surface area contributed by atoms with Gasteiger partial charge in [0.15, 0.2) is 0 Å². The van der Waals surface area contributed by atoms with Crippen LogP contribution in [-0.4, -0.2) is 25.0 Å². The molecule has 1 unspecified atom stereocenters. The second-order valence-corrected chi connectivity index (χ2v) is 4.94. The zero-order chi connectivity index (χ0) is 14.7. The number of carbonyl (C=O) groups is 2. The topological polar surface area (TPSA) is 81.4 Å². The maximum atomic E-state index is 13.2. The number of carbonyl (C=O) groups excluding carboxylic acids is 2. The minimum Gasteiger partial charge on any atom is -0.465 e. The average molecular weight is 280 g/mol. The van der Waals surface area contributed by atoms with Crippen LogP contribution in [0.5, 0.6) is 0 Å². The molecule has 2 rings (SSSR count). The Morgan fingerprint density at radius 2 is 2.20 bits per heavy atom. The van der Waals surface area contributed by atoms with Gasteiger partial charge in [0.1, 0.15) is 5.82 Å². The summed E-state index contributed by atoms with van der Waals surface area (Å²) in [5.41, 5.74) is 6.08. The van der Waals surface area contributed by atoms with Crippen molar-refractivity contribution in [2.75, 3.05) is 12.4 Å². The average Bonchev–Trinajstić information content (AvgIpc) is 3.22. The third-order valence-corrected chi connectivity index (χ3v) is 3.31. The van der Waals surface area contributed by atoms with Gasteiger partial charge in [-0.2, -0.15) is 0 Å². The van der Waals surface area contributed by atoms with Gasteiger partial charge < -0.3 is 15.8 Å². The standard InChI is InChI=1S/C14H17FN2O3/c1-20-14(19)10-5-4-9(15)6-12(10)17-13(18)7-11(16)8-2-3-8/h4-6,8,11H,2-3,7,16H2,1H3,(H,17,18). The van der Waals surface area contributed by atoms with Crippen LogP contribution in [0.3, 0.4) is 0 Å². The van der Waals surface area contributed by atoms with Gasteiger partial charge in [-0.3, -0.25) is 4.79 Å². The van der Waals surface area contributed by atoms with E-state index in [0.717, 1.165) is 25.0 Å². The van der Waals surface area contributed by atoms with Crippen LogP contribution in [0.1, 0.15) is 29.6 Å². The Labute approximate surface area is 116 Å². The third kappa shape index (κ3) is 3.54. The lowest BCUT2D eigenvalue weighted by Crippen LogP contribution is -2.29. The summed E-state index contributed by atoms with van der Waals surface area (Å²) in [6.07, 6.45) is 2.24. The molecule has 6 heteroatoms. The zero-order valence-corrected chi connectivity index (χ0v) is 11.2. The Balaban J connectivity index is 2.08. The minimum atomic E-state index is -0.633. The van der Waals surface area contributed by atoms with Gasteiger partial charge in [-0.1, -0.05) is 0 Å². The van der Waals surface area contributed by atoms with E-state index in [1.165, 1.54) is 13.2 Å². The first-order valence-electron chi connectivity index (χ1n) is 6.44. The highest BCUT2D eigenvalue weighted by Gasteiger charge is 2.30. The molecule has 3 N–H and O–H groups in total. The maximum absolute atomic E-state index is 13.2. The molecule has 0 spiro atoms. The van der Waals surface area contributed by atoms with Gasteiger partial charge in [0.25, 0.3) is 0 Å². The third-order valence-electron chi connectivity index (χ3n) is 3.31. The quantitative estimate of drug-likeness (QED) is 0.804. The monoisotopic (exact) mass is 280 g/mol. The normalized spacial score (nSPS) is 15.6. The van der Waals surface area contributed by atoms with Crippen LogP contribution in [0.15, 0.2) is 18.2 Å². The summed E-state index contributed by atoms with van der Waals surface area (Å²) in [5.74, 6) is -1.11.